The molecule has 0 aromatic carbocycles. The number of likely N-dealkylation sites (tertiary alicyclic amines) is 1. The molecule has 2 N–H and O–H groups in total. The van der Waals surface area contributed by atoms with Gasteiger partial charge >= 0.3 is 6.09 Å². The highest BCUT2D eigenvalue weighted by atomic mass is 16.4. The van der Waals surface area contributed by atoms with Crippen LogP contribution in [0.15, 0.2) is 12.4 Å². The predicted octanol–water partition coefficient (Wildman–Crippen LogP) is 2.91. The number of aromatic amines is 1. The number of carbonyl (C=O) groups is 1. The Morgan fingerprint density at radius 1 is 1.50 bits per heavy atom. The Bertz CT molecular complexity index is 865. The predicted molar refractivity (Wildman–Crippen MR) is 95.5 cm³/mol. The van der Waals surface area contributed by atoms with Crippen molar-refractivity contribution in [3.05, 3.63) is 23.8 Å². The van der Waals surface area contributed by atoms with Crippen LogP contribution < -0.4 is 0 Å². The first-order chi connectivity index (χ1) is 12.1. The molecular weight excluding hydrogens is 332 g/mol. The lowest BCUT2D eigenvalue weighted by atomic mass is 9.66. The highest BCUT2D eigenvalue weighted by molar-refractivity contribution is 5.69. The third kappa shape index (κ3) is 2.55. The van der Waals surface area contributed by atoms with Crippen molar-refractivity contribution >= 4 is 6.09 Å². The Hall–Kier alpha value is -2.82. The smallest absolute Gasteiger partial charge is 0.407 e. The van der Waals surface area contributed by atoms with Crippen LogP contribution >= 0.6 is 0 Å². The van der Waals surface area contributed by atoms with Crippen LogP contribution in [-0.2, 0) is 5.54 Å². The van der Waals surface area contributed by atoms with Gasteiger partial charge in [0.1, 0.15) is 5.54 Å². The summed E-state index contributed by atoms with van der Waals surface area (Å²) >= 11 is 0. The lowest BCUT2D eigenvalue weighted by Gasteiger charge is -2.60. The number of aryl methyl sites for hydroxylation is 2. The molecule has 2 aromatic rings. The first-order valence-electron chi connectivity index (χ1n) is 8.55. The van der Waals surface area contributed by atoms with Crippen molar-refractivity contribution in [1.82, 2.24) is 24.9 Å². The van der Waals surface area contributed by atoms with E-state index in [0.29, 0.717) is 0 Å². The molecule has 2 atom stereocenters. The fraction of sp³-hybridized carbons (Fsp3) is 0.556. The quantitative estimate of drug-likeness (QED) is 0.878. The number of hydrogen-bond donors (Lipinski definition) is 2. The van der Waals surface area contributed by atoms with Crippen LogP contribution in [0.3, 0.4) is 0 Å². The van der Waals surface area contributed by atoms with E-state index in [0.717, 1.165) is 22.5 Å². The minimum absolute atomic E-state index is 0.198. The largest absolute Gasteiger partial charge is 0.465 e. The molecule has 8 heteroatoms. The van der Waals surface area contributed by atoms with E-state index in [1.807, 2.05) is 40.8 Å². The minimum atomic E-state index is -0.965. The molecule has 2 aromatic heterocycles. The number of nitriles is 1. The van der Waals surface area contributed by atoms with Crippen molar-refractivity contribution in [2.75, 3.05) is 6.54 Å². The third-order valence-electron chi connectivity index (χ3n) is 5.17. The number of nitrogens with one attached hydrogen (secondary N) is 1. The summed E-state index contributed by atoms with van der Waals surface area (Å²) in [5, 5.41) is 30.7. The van der Waals surface area contributed by atoms with Gasteiger partial charge in [0, 0.05) is 23.0 Å². The fourth-order valence-corrected chi connectivity index (χ4v) is 4.34. The lowest BCUT2D eigenvalue weighted by molar-refractivity contribution is -0.1000. The molecule has 0 aliphatic carbocycles. The van der Waals surface area contributed by atoms with Gasteiger partial charge in [0.2, 0.25) is 0 Å². The summed E-state index contributed by atoms with van der Waals surface area (Å²) in [5.74, 6) is 0. The first kappa shape index (κ1) is 18.0. The van der Waals surface area contributed by atoms with Crippen LogP contribution in [0, 0.1) is 30.6 Å². The Kier molecular flexibility index (Phi) is 4.06. The molecule has 1 aliphatic rings. The summed E-state index contributed by atoms with van der Waals surface area (Å²) < 4.78 is 1.78. The number of aromatic nitrogens is 4. The van der Waals surface area contributed by atoms with Gasteiger partial charge in [-0.15, -0.1) is 0 Å². The SMILES string of the molecule is Cc1n[nH]c(C)c1-c1cnn(C2(CC#N)CN(C(=O)O)C2C(C)(C)C)c1. The van der Waals surface area contributed by atoms with Crippen molar-refractivity contribution < 1.29 is 9.90 Å². The van der Waals surface area contributed by atoms with Crippen LogP contribution in [0.2, 0.25) is 0 Å². The Morgan fingerprint density at radius 2 is 2.19 bits per heavy atom. The van der Waals surface area contributed by atoms with E-state index in [1.165, 1.54) is 4.90 Å². The van der Waals surface area contributed by atoms with E-state index < -0.39 is 11.6 Å². The summed E-state index contributed by atoms with van der Waals surface area (Å²) in [6.45, 7) is 10.1. The molecule has 3 heterocycles. The van der Waals surface area contributed by atoms with Gasteiger partial charge in [0.25, 0.3) is 0 Å². The second-order valence-electron chi connectivity index (χ2n) is 8.10. The van der Waals surface area contributed by atoms with E-state index in [-0.39, 0.29) is 24.4 Å². The standard InChI is InChI=1S/C18H24N6O2/c1-11-14(12(2)22-21-11)13-8-20-24(9-13)18(6-7-19)10-23(16(25)26)15(18)17(3,4)5/h8-9,15H,6,10H2,1-5H3,(H,21,22)(H,25,26). The molecular formula is C18H24N6O2. The summed E-state index contributed by atoms with van der Waals surface area (Å²) in [6, 6.07) is 1.90. The summed E-state index contributed by atoms with van der Waals surface area (Å²) in [7, 11) is 0. The average Bonchev–Trinajstić information content (AvgIpc) is 3.08. The molecule has 1 amide bonds. The van der Waals surface area contributed by atoms with E-state index >= 15 is 0 Å². The van der Waals surface area contributed by atoms with Crippen LogP contribution in [0.4, 0.5) is 4.79 Å². The van der Waals surface area contributed by atoms with E-state index in [9.17, 15) is 15.2 Å². The number of hydrogen-bond acceptors (Lipinski definition) is 4. The minimum Gasteiger partial charge on any atom is -0.465 e. The van der Waals surface area contributed by atoms with Crippen molar-refractivity contribution in [3.63, 3.8) is 0 Å². The molecule has 0 radical (unpaired) electrons. The van der Waals surface area contributed by atoms with Crippen molar-refractivity contribution in [2.24, 2.45) is 5.41 Å². The van der Waals surface area contributed by atoms with Gasteiger partial charge in [-0.3, -0.25) is 14.7 Å². The second kappa shape index (κ2) is 5.87. The molecule has 0 bridgehead atoms. The van der Waals surface area contributed by atoms with Crippen LogP contribution in [0.25, 0.3) is 11.1 Å². The fourth-order valence-electron chi connectivity index (χ4n) is 4.34. The molecule has 3 rings (SSSR count). The zero-order chi connectivity index (χ0) is 19.3. The van der Waals surface area contributed by atoms with E-state index in [1.54, 1.807) is 10.9 Å². The Balaban J connectivity index is 2.07. The maximum Gasteiger partial charge on any atom is 0.407 e. The monoisotopic (exact) mass is 356 g/mol. The van der Waals surface area contributed by atoms with Gasteiger partial charge in [-0.05, 0) is 19.3 Å². The number of carboxylic acid groups (broad SMARTS) is 1. The second-order valence-corrected chi connectivity index (χ2v) is 8.10. The maximum absolute atomic E-state index is 11.6. The summed E-state index contributed by atoms with van der Waals surface area (Å²) in [4.78, 5) is 13.1. The van der Waals surface area contributed by atoms with Gasteiger partial charge in [0.15, 0.2) is 0 Å². The van der Waals surface area contributed by atoms with Crippen molar-refractivity contribution in [3.8, 4) is 17.2 Å². The zero-order valence-electron chi connectivity index (χ0n) is 15.7. The average molecular weight is 356 g/mol. The molecule has 1 fully saturated rings. The third-order valence-corrected chi connectivity index (χ3v) is 5.17. The normalized spacial score (nSPS) is 22.8. The molecule has 1 aliphatic heterocycles. The Morgan fingerprint density at radius 3 is 2.69 bits per heavy atom. The van der Waals surface area contributed by atoms with E-state index in [4.69, 9.17) is 0 Å². The van der Waals surface area contributed by atoms with Gasteiger partial charge in [0.05, 0.1) is 37.0 Å². The number of H-pyrrole nitrogens is 1. The van der Waals surface area contributed by atoms with Crippen molar-refractivity contribution in [2.45, 2.75) is 52.6 Å². The molecule has 8 nitrogen and oxygen atoms in total. The summed E-state index contributed by atoms with van der Waals surface area (Å²) in [5.41, 5.74) is 2.72. The molecule has 2 unspecified atom stereocenters. The number of amides is 1. The zero-order valence-corrected chi connectivity index (χ0v) is 15.7. The first-order valence-corrected chi connectivity index (χ1v) is 8.55. The maximum atomic E-state index is 11.6. The summed E-state index contributed by atoms with van der Waals surface area (Å²) in [6.07, 6.45) is 2.89. The highest BCUT2D eigenvalue weighted by Gasteiger charge is 2.61. The molecule has 1 saturated heterocycles. The van der Waals surface area contributed by atoms with Crippen LogP contribution in [0.5, 0.6) is 0 Å². The van der Waals surface area contributed by atoms with Gasteiger partial charge in [-0.25, -0.2) is 4.79 Å². The number of nitrogens with zero attached hydrogens (tertiary/aromatic N) is 5. The molecule has 0 saturated carbocycles. The van der Waals surface area contributed by atoms with Gasteiger partial charge < -0.3 is 5.11 Å². The molecule has 26 heavy (non-hydrogen) atoms. The van der Waals surface area contributed by atoms with Crippen molar-refractivity contribution in [1.29, 1.82) is 5.26 Å². The highest BCUT2D eigenvalue weighted by Crippen LogP contribution is 2.48. The van der Waals surface area contributed by atoms with Crippen LogP contribution in [-0.4, -0.2) is 48.7 Å². The molecule has 138 valence electrons. The topological polar surface area (TPSA) is 111 Å². The van der Waals surface area contributed by atoms with E-state index in [2.05, 4.69) is 21.4 Å². The Labute approximate surface area is 152 Å². The van der Waals surface area contributed by atoms with Gasteiger partial charge in [-0.1, -0.05) is 20.8 Å². The van der Waals surface area contributed by atoms with Gasteiger partial charge in [-0.2, -0.15) is 15.5 Å². The molecule has 0 spiro atoms. The van der Waals surface area contributed by atoms with Crippen LogP contribution in [0.1, 0.15) is 38.6 Å². The number of rotatable bonds is 3. The lowest BCUT2D eigenvalue weighted by Crippen LogP contribution is -2.75.